The first kappa shape index (κ1) is 119. The van der Waals surface area contributed by atoms with Gasteiger partial charge in [0.25, 0.3) is 0 Å². The number of carbonyl (C=O) groups excluding carboxylic acids is 14. The van der Waals surface area contributed by atoms with Crippen LogP contribution < -0.4 is 87.2 Å². The lowest BCUT2D eigenvalue weighted by Crippen LogP contribution is -2.62. The van der Waals surface area contributed by atoms with Crippen molar-refractivity contribution >= 4 is 131 Å². The van der Waals surface area contributed by atoms with Crippen LogP contribution in [-0.2, 0) is 97.4 Å². The fourth-order valence-corrected chi connectivity index (χ4v) is 14.6. The molecular weight excluding hydrogens is 1750 g/mol. The largest absolute Gasteiger partial charge is 0.481 e. The van der Waals surface area contributed by atoms with Crippen molar-refractivity contribution in [2.24, 2.45) is 33.7 Å². The Hall–Kier alpha value is -10.0. The van der Waals surface area contributed by atoms with Crippen molar-refractivity contribution in [2.45, 2.75) is 356 Å². The van der Waals surface area contributed by atoms with Gasteiger partial charge in [0.15, 0.2) is 5.96 Å². The minimum atomic E-state index is -2.07. The summed E-state index contributed by atoms with van der Waals surface area (Å²) in [5.74, 6) is -21.0. The van der Waals surface area contributed by atoms with Crippen LogP contribution in [0.2, 0.25) is 0 Å². The maximum absolute atomic E-state index is 14.5. The molecule has 12 amide bonds. The quantitative estimate of drug-likeness (QED) is 0.0129. The second-order valence-electron chi connectivity index (χ2n) is 32.5. The number of imidazole rings is 1. The number of hydrogen-bond donors (Lipinski definition) is 24. The molecule has 131 heavy (non-hydrogen) atoms. The van der Waals surface area contributed by atoms with Crippen molar-refractivity contribution in [3.63, 3.8) is 0 Å². The summed E-state index contributed by atoms with van der Waals surface area (Å²) in [6.45, 7) is 3.84. The molecule has 0 aliphatic heterocycles. The Kier molecular flexibility index (Phi) is 65.1. The van der Waals surface area contributed by atoms with E-state index in [0.29, 0.717) is 19.3 Å². The van der Waals surface area contributed by atoms with Gasteiger partial charge < -0.3 is 132 Å². The van der Waals surface area contributed by atoms with Crippen molar-refractivity contribution < 1.29 is 122 Å². The summed E-state index contributed by atoms with van der Waals surface area (Å²) >= 11 is 5.37. The second kappa shape index (κ2) is 71.6. The Morgan fingerprint density at radius 3 is 1.34 bits per heavy atom. The SMILES string of the molecule is CCCCCCCCCCCCCCCC(=O)OCC(CSCC(N)C(=O)N[C@@H](CS)C(=O)N[C@@H](C)C(=O)N[C@@H](CC(N)=O)C(=O)N[C@H](C(=O)N[C@@H](CCCN=C(N)N)C(=O)N[C@@H](Cc1cnc[nH]1)C(=O)N[C@@H](CO)C(=O)N[C@@H](CCC(=O)O)C(=O)N[C@@H](CO)C(=O)N[C@@H](CC(=O)O)C(=O)N[C@@H](CCCCN)C(=O)O)[C@@H](C)O)OC(=O)CCCCCCCCCCCCCCC. The number of guanidine groups is 1. The Bertz CT molecular complexity index is 3650. The van der Waals surface area contributed by atoms with Gasteiger partial charge in [0, 0.05) is 61.4 Å². The zero-order valence-corrected chi connectivity index (χ0v) is 78.1. The number of aliphatic hydroxyl groups excluding tert-OH is 3. The number of amides is 12. The molecule has 0 aromatic carbocycles. The number of nitrogens with zero attached hydrogens (tertiary/aromatic N) is 2. The van der Waals surface area contributed by atoms with Crippen LogP contribution in [0.15, 0.2) is 17.5 Å². The second-order valence-corrected chi connectivity index (χ2v) is 34.0. The van der Waals surface area contributed by atoms with E-state index >= 15 is 0 Å². The average molecular weight is 1900 g/mol. The van der Waals surface area contributed by atoms with Crippen LogP contribution in [0.1, 0.15) is 271 Å². The fourth-order valence-electron chi connectivity index (χ4n) is 13.4. The van der Waals surface area contributed by atoms with Crippen LogP contribution in [0.4, 0.5) is 0 Å². The third kappa shape index (κ3) is 55.8. The minimum Gasteiger partial charge on any atom is -0.481 e. The van der Waals surface area contributed by atoms with Gasteiger partial charge in [-0.05, 0) is 71.8 Å². The highest BCUT2D eigenvalue weighted by Gasteiger charge is 2.39. The number of aromatic nitrogens is 2. The third-order valence-corrected chi connectivity index (χ3v) is 22.5. The first-order valence-corrected chi connectivity index (χ1v) is 47.4. The molecule has 0 bridgehead atoms. The molecule has 46 heteroatoms. The van der Waals surface area contributed by atoms with Crippen LogP contribution in [0.3, 0.4) is 0 Å². The number of carboxylic acid groups (broad SMARTS) is 3. The molecule has 746 valence electrons. The van der Waals surface area contributed by atoms with Gasteiger partial charge in [0.2, 0.25) is 70.9 Å². The number of nitrogens with two attached hydrogens (primary N) is 5. The number of ether oxygens (including phenoxy) is 2. The number of aromatic amines is 1. The zero-order valence-electron chi connectivity index (χ0n) is 76.3. The topological polar surface area (TPSA) is 734 Å². The van der Waals surface area contributed by atoms with Crippen LogP contribution in [0.5, 0.6) is 0 Å². The van der Waals surface area contributed by atoms with Crippen LogP contribution in [0, 0.1) is 0 Å². The summed E-state index contributed by atoms with van der Waals surface area (Å²) in [5.41, 5.74) is 28.5. The number of hydrogen-bond acceptors (Lipinski definition) is 28. The van der Waals surface area contributed by atoms with E-state index in [2.05, 4.69) is 89.3 Å². The number of nitrogens with one attached hydrogen (secondary N) is 12. The number of primary amides is 1. The van der Waals surface area contributed by atoms with E-state index in [4.69, 9.17) is 38.1 Å². The Morgan fingerprint density at radius 1 is 0.458 bits per heavy atom. The molecule has 2 unspecified atom stereocenters. The molecule has 28 N–H and O–H groups in total. The monoisotopic (exact) mass is 1900 g/mol. The van der Waals surface area contributed by atoms with Crippen LogP contribution in [0.25, 0.3) is 0 Å². The van der Waals surface area contributed by atoms with Crippen molar-refractivity contribution in [3.8, 4) is 0 Å². The summed E-state index contributed by atoms with van der Waals surface area (Å²) < 4.78 is 11.4. The van der Waals surface area contributed by atoms with Gasteiger partial charge in [-0.25, -0.2) is 9.78 Å². The molecular formula is C85H149N19O25S2. The minimum absolute atomic E-state index is 0.0608. The lowest BCUT2D eigenvalue weighted by molar-refractivity contribution is -0.157. The summed E-state index contributed by atoms with van der Waals surface area (Å²) in [6, 6.07) is -21.5. The summed E-state index contributed by atoms with van der Waals surface area (Å²) in [5, 5.41) is 85.1. The van der Waals surface area contributed by atoms with Crippen molar-refractivity contribution in [1.82, 2.24) is 68.5 Å². The molecule has 1 aromatic heterocycles. The molecule has 0 saturated heterocycles. The van der Waals surface area contributed by atoms with E-state index in [9.17, 15) is 112 Å². The number of carbonyl (C=O) groups is 17. The standard InChI is InChI=1S/C85H149N19O25S2/c1-5-7-9-11-13-15-17-19-21-23-25-27-29-36-70(113)128-48-56(129-71(114)37-30-28-26-24-22-20-18-16-14-12-10-8-6-2)50-131-51-57(87)74(116)103-66(49-130)82(124)94-53(3)73(115)98-62(43-67(88)108)79(121)104-72(54(4)107)83(125)96-58(35-33-41-92-85(89)90)75(117)99-61(42-55-45-91-52-93-55)77(119)102-64(46-105)80(122)95-59(38-39-68(109)110)76(118)101-65(47-106)81(123)100-63(44-69(111)112)78(120)97-60(84(126)127)34-31-32-40-86/h45,52-54,56-66,72,105-107,130H,5-44,46-51,86-87H2,1-4H3,(H2,88,108)(H,91,93)(H,94,124)(H,95,122)(H,96,125)(H,97,120)(H,98,115)(H,99,117)(H,100,123)(H,101,118)(H,102,119)(H,103,116)(H,104,121)(H,109,110)(H,111,112)(H,126,127)(H4,89,90,92)/t53-,54+,56?,57?,58-,59-,60-,61-,62-,63-,64-,65-,66-,72-/m0/s1. The number of aliphatic hydroxyl groups is 3. The predicted molar refractivity (Wildman–Crippen MR) is 489 cm³/mol. The molecule has 0 radical (unpaired) electrons. The number of carboxylic acids is 3. The number of rotatable bonds is 79. The van der Waals surface area contributed by atoms with E-state index in [0.717, 1.165) is 70.1 Å². The van der Waals surface area contributed by atoms with Gasteiger partial charge in [0.05, 0.1) is 44.5 Å². The summed E-state index contributed by atoms with van der Waals surface area (Å²) in [4.78, 5) is 237. The lowest BCUT2D eigenvalue weighted by Gasteiger charge is -2.28. The van der Waals surface area contributed by atoms with Crippen molar-refractivity contribution in [3.05, 3.63) is 18.2 Å². The van der Waals surface area contributed by atoms with E-state index in [1.807, 2.05) is 10.6 Å². The number of esters is 2. The Morgan fingerprint density at radius 2 is 0.878 bits per heavy atom. The normalized spacial score (nSPS) is 14.4. The number of thioether (sulfide) groups is 1. The average Bonchev–Trinajstić information content (AvgIpc) is 0.993. The van der Waals surface area contributed by atoms with E-state index < -0.39 is 231 Å². The third-order valence-electron chi connectivity index (χ3n) is 21.0. The highest BCUT2D eigenvalue weighted by Crippen LogP contribution is 2.19. The van der Waals surface area contributed by atoms with Gasteiger partial charge in [-0.1, -0.05) is 168 Å². The highest BCUT2D eigenvalue weighted by atomic mass is 32.2. The zero-order chi connectivity index (χ0) is 98.0. The molecule has 1 heterocycles. The van der Waals surface area contributed by atoms with Gasteiger partial charge >= 0.3 is 29.8 Å². The maximum Gasteiger partial charge on any atom is 0.326 e. The number of unbranched alkanes of at least 4 members (excludes halogenated alkanes) is 25. The maximum atomic E-state index is 14.5. The van der Waals surface area contributed by atoms with Gasteiger partial charge in [-0.3, -0.25) is 81.7 Å². The van der Waals surface area contributed by atoms with Crippen LogP contribution >= 0.6 is 24.4 Å². The number of H-pyrrole nitrogens is 1. The molecule has 0 saturated carbocycles. The van der Waals surface area contributed by atoms with E-state index in [1.54, 1.807) is 0 Å². The van der Waals surface area contributed by atoms with Gasteiger partial charge in [-0.15, -0.1) is 0 Å². The first-order chi connectivity index (χ1) is 62.4. The summed E-state index contributed by atoms with van der Waals surface area (Å²) in [6.07, 6.45) is 25.3. The van der Waals surface area contributed by atoms with Crippen molar-refractivity contribution in [2.75, 3.05) is 50.2 Å². The number of aliphatic carboxylic acids is 3. The molecule has 0 aliphatic carbocycles. The first-order valence-electron chi connectivity index (χ1n) is 45.7. The Balaban J connectivity index is 3.33. The summed E-state index contributed by atoms with van der Waals surface area (Å²) in [7, 11) is 0. The predicted octanol–water partition coefficient (Wildman–Crippen LogP) is -0.440. The van der Waals surface area contributed by atoms with Gasteiger partial charge in [-0.2, -0.15) is 24.4 Å². The lowest BCUT2D eigenvalue weighted by atomic mass is 10.0. The molecule has 0 aliphatic rings. The van der Waals surface area contributed by atoms with Crippen molar-refractivity contribution in [1.29, 1.82) is 0 Å². The molecule has 1 aromatic rings. The molecule has 14 atom stereocenters. The molecule has 0 fully saturated rings. The number of aliphatic imine (C=N–C) groups is 1. The number of thiol groups is 1. The fraction of sp³-hybridized carbons (Fsp3) is 0.753. The van der Waals surface area contributed by atoms with Crippen LogP contribution in [-0.4, -0.2) is 282 Å². The molecule has 0 spiro atoms. The van der Waals surface area contributed by atoms with E-state index in [1.165, 1.54) is 122 Å². The molecule has 44 nitrogen and oxygen atoms in total. The smallest absolute Gasteiger partial charge is 0.326 e. The van der Waals surface area contributed by atoms with Gasteiger partial charge in [0.1, 0.15) is 79.2 Å². The highest BCUT2D eigenvalue weighted by molar-refractivity contribution is 7.99. The molecule has 1 rings (SSSR count). The van der Waals surface area contributed by atoms with E-state index in [-0.39, 0.29) is 87.1 Å². The Labute approximate surface area is 775 Å².